The summed E-state index contributed by atoms with van der Waals surface area (Å²) >= 11 is 0. The van der Waals surface area contributed by atoms with Gasteiger partial charge in [-0.2, -0.15) is 0 Å². The Kier molecular flexibility index (Phi) is 5.05. The van der Waals surface area contributed by atoms with Crippen molar-refractivity contribution in [1.82, 2.24) is 10.2 Å². The minimum absolute atomic E-state index is 0.580. The van der Waals surface area contributed by atoms with Gasteiger partial charge in [-0.25, -0.2) is 0 Å². The number of likely N-dealkylation sites (tertiary alicyclic amines) is 1. The van der Waals surface area contributed by atoms with Crippen molar-refractivity contribution in [2.45, 2.75) is 19.4 Å². The molecule has 5 heteroatoms. The van der Waals surface area contributed by atoms with E-state index in [9.17, 15) is 0 Å². The Morgan fingerprint density at radius 2 is 2.18 bits per heavy atom. The fourth-order valence-electron chi connectivity index (χ4n) is 3.29. The van der Waals surface area contributed by atoms with Crippen molar-refractivity contribution in [2.75, 3.05) is 47.0 Å². The van der Waals surface area contributed by atoms with Gasteiger partial charge in [0.25, 0.3) is 0 Å². The van der Waals surface area contributed by atoms with Crippen molar-refractivity contribution >= 4 is 0 Å². The van der Waals surface area contributed by atoms with Crippen molar-refractivity contribution in [3.63, 3.8) is 0 Å². The zero-order chi connectivity index (χ0) is 15.4. The third kappa shape index (κ3) is 3.65. The highest BCUT2D eigenvalue weighted by Gasteiger charge is 2.19. The van der Waals surface area contributed by atoms with Gasteiger partial charge in [-0.1, -0.05) is 0 Å². The number of hydrogen-bond acceptors (Lipinski definition) is 5. The number of nitrogens with one attached hydrogen (secondary N) is 1. The molecular formula is C17H26N2O3. The number of ether oxygens (including phenoxy) is 3. The molecule has 0 radical (unpaired) electrons. The van der Waals surface area contributed by atoms with Crippen LogP contribution in [0.3, 0.4) is 0 Å². The Balaban J connectivity index is 1.58. The lowest BCUT2D eigenvalue weighted by Crippen LogP contribution is -2.37. The maximum atomic E-state index is 5.68. The normalized spacial score (nSPS) is 21.6. The van der Waals surface area contributed by atoms with E-state index in [1.807, 2.05) is 6.07 Å². The first kappa shape index (κ1) is 15.4. The second-order valence-electron chi connectivity index (χ2n) is 6.22. The summed E-state index contributed by atoms with van der Waals surface area (Å²) in [5, 5.41) is 3.57. The first-order chi connectivity index (χ1) is 10.8. The summed E-state index contributed by atoms with van der Waals surface area (Å²) < 4.78 is 16.7. The fourth-order valence-corrected chi connectivity index (χ4v) is 3.29. The molecule has 2 aliphatic rings. The minimum Gasteiger partial charge on any atom is -0.493 e. The van der Waals surface area contributed by atoms with Crippen molar-refractivity contribution in [1.29, 1.82) is 0 Å². The average molecular weight is 306 g/mol. The number of benzene rings is 1. The Morgan fingerprint density at radius 1 is 1.32 bits per heavy atom. The van der Waals surface area contributed by atoms with Gasteiger partial charge in [-0.15, -0.1) is 0 Å². The second-order valence-corrected chi connectivity index (χ2v) is 6.22. The molecule has 1 fully saturated rings. The predicted octanol–water partition coefficient (Wildman–Crippen LogP) is 1.90. The van der Waals surface area contributed by atoms with Gasteiger partial charge in [0.2, 0.25) is 5.75 Å². The van der Waals surface area contributed by atoms with Gasteiger partial charge in [0, 0.05) is 13.1 Å². The summed E-state index contributed by atoms with van der Waals surface area (Å²) in [6.45, 7) is 5.49. The molecule has 122 valence electrons. The molecule has 0 aliphatic carbocycles. The highest BCUT2D eigenvalue weighted by Crippen LogP contribution is 2.40. The Bertz CT molecular complexity index is 490. The quantitative estimate of drug-likeness (QED) is 0.900. The molecular weight excluding hydrogens is 280 g/mol. The van der Waals surface area contributed by atoms with E-state index in [1.54, 1.807) is 7.11 Å². The maximum absolute atomic E-state index is 5.68. The van der Waals surface area contributed by atoms with Crippen LogP contribution in [0.5, 0.6) is 17.2 Å². The average Bonchev–Trinajstić information content (AvgIpc) is 2.54. The molecule has 1 N–H and O–H groups in total. The van der Waals surface area contributed by atoms with Gasteiger partial charge in [-0.3, -0.25) is 0 Å². The van der Waals surface area contributed by atoms with Crippen LogP contribution in [0.4, 0.5) is 0 Å². The largest absolute Gasteiger partial charge is 0.493 e. The molecule has 2 heterocycles. The molecule has 1 atom stereocenters. The van der Waals surface area contributed by atoms with E-state index in [0.717, 1.165) is 36.3 Å². The number of nitrogens with zero attached hydrogens (tertiary/aromatic N) is 1. The molecule has 0 bridgehead atoms. The molecule has 1 saturated heterocycles. The lowest BCUT2D eigenvalue weighted by Gasteiger charge is -2.29. The molecule has 22 heavy (non-hydrogen) atoms. The zero-order valence-electron chi connectivity index (χ0n) is 13.6. The second kappa shape index (κ2) is 7.20. The van der Waals surface area contributed by atoms with Crippen LogP contribution in [-0.2, 0) is 6.54 Å². The summed E-state index contributed by atoms with van der Waals surface area (Å²) in [6, 6.07) is 4.09. The number of methoxy groups -OCH3 is 1. The topological polar surface area (TPSA) is 43.0 Å². The van der Waals surface area contributed by atoms with Crippen LogP contribution in [0, 0.1) is 5.92 Å². The summed E-state index contributed by atoms with van der Waals surface area (Å²) in [7, 11) is 3.88. The van der Waals surface area contributed by atoms with E-state index in [1.165, 1.54) is 31.5 Å². The van der Waals surface area contributed by atoms with Crippen molar-refractivity contribution < 1.29 is 14.2 Å². The van der Waals surface area contributed by atoms with Crippen LogP contribution in [0.15, 0.2) is 12.1 Å². The van der Waals surface area contributed by atoms with Crippen LogP contribution in [0.2, 0.25) is 0 Å². The van der Waals surface area contributed by atoms with Gasteiger partial charge in [0.05, 0.1) is 7.11 Å². The third-order valence-corrected chi connectivity index (χ3v) is 4.37. The molecule has 0 saturated carbocycles. The molecule has 3 rings (SSSR count). The molecule has 2 aliphatic heterocycles. The maximum Gasteiger partial charge on any atom is 0.203 e. The number of fused-ring (bicyclic) bond motifs is 1. The van der Waals surface area contributed by atoms with Gasteiger partial charge in [0.15, 0.2) is 11.5 Å². The molecule has 0 spiro atoms. The first-order valence-corrected chi connectivity index (χ1v) is 8.12. The van der Waals surface area contributed by atoms with E-state index in [4.69, 9.17) is 14.2 Å². The smallest absolute Gasteiger partial charge is 0.203 e. The summed E-state index contributed by atoms with van der Waals surface area (Å²) in [4.78, 5) is 2.42. The molecule has 1 aromatic carbocycles. The van der Waals surface area contributed by atoms with E-state index < -0.39 is 0 Å². The first-order valence-electron chi connectivity index (χ1n) is 8.12. The lowest BCUT2D eigenvalue weighted by molar-refractivity contribution is 0.165. The van der Waals surface area contributed by atoms with Gasteiger partial charge in [-0.05, 0) is 56.6 Å². The number of hydrogen-bond donors (Lipinski definition) is 1. The van der Waals surface area contributed by atoms with Gasteiger partial charge in [0.1, 0.15) is 13.2 Å². The SMILES string of the molecule is COc1cc(CNC[C@H]2CCCN(C)C2)cc2c1OCCO2. The zero-order valence-corrected chi connectivity index (χ0v) is 13.6. The van der Waals surface area contributed by atoms with E-state index in [-0.39, 0.29) is 0 Å². The van der Waals surface area contributed by atoms with Crippen LogP contribution < -0.4 is 19.5 Å². The van der Waals surface area contributed by atoms with Crippen LogP contribution >= 0.6 is 0 Å². The number of piperidine rings is 1. The lowest BCUT2D eigenvalue weighted by atomic mass is 9.98. The van der Waals surface area contributed by atoms with Crippen LogP contribution in [0.1, 0.15) is 18.4 Å². The van der Waals surface area contributed by atoms with Crippen LogP contribution in [-0.4, -0.2) is 51.9 Å². The standard InChI is InChI=1S/C17H26N2O3/c1-19-5-3-4-13(12-19)10-18-11-14-8-15(20-2)17-16(9-14)21-6-7-22-17/h8-9,13,18H,3-7,10-12H2,1-2H3/t13-/m1/s1. The summed E-state index contributed by atoms with van der Waals surface area (Å²) in [5.41, 5.74) is 1.17. The number of rotatable bonds is 5. The Labute approximate surface area is 132 Å². The molecule has 0 amide bonds. The van der Waals surface area contributed by atoms with Gasteiger partial charge < -0.3 is 24.4 Å². The summed E-state index contributed by atoms with van der Waals surface area (Å²) in [5.74, 6) is 3.02. The highest BCUT2D eigenvalue weighted by atomic mass is 16.6. The predicted molar refractivity (Wildman–Crippen MR) is 85.9 cm³/mol. The third-order valence-electron chi connectivity index (χ3n) is 4.37. The fraction of sp³-hybridized carbons (Fsp3) is 0.647. The highest BCUT2D eigenvalue weighted by molar-refractivity contribution is 5.54. The van der Waals surface area contributed by atoms with E-state index >= 15 is 0 Å². The Morgan fingerprint density at radius 3 is 3.00 bits per heavy atom. The van der Waals surface area contributed by atoms with Crippen molar-refractivity contribution in [2.24, 2.45) is 5.92 Å². The van der Waals surface area contributed by atoms with Crippen LogP contribution in [0.25, 0.3) is 0 Å². The van der Waals surface area contributed by atoms with Crippen molar-refractivity contribution in [3.8, 4) is 17.2 Å². The summed E-state index contributed by atoms with van der Waals surface area (Å²) in [6.07, 6.45) is 2.63. The van der Waals surface area contributed by atoms with E-state index in [2.05, 4.69) is 23.3 Å². The van der Waals surface area contributed by atoms with Gasteiger partial charge >= 0.3 is 0 Å². The Hall–Kier alpha value is -1.46. The van der Waals surface area contributed by atoms with E-state index in [0.29, 0.717) is 13.2 Å². The van der Waals surface area contributed by atoms with Crippen molar-refractivity contribution in [3.05, 3.63) is 17.7 Å². The molecule has 0 unspecified atom stereocenters. The molecule has 1 aromatic rings. The molecule has 5 nitrogen and oxygen atoms in total. The molecule has 0 aromatic heterocycles. The minimum atomic E-state index is 0.580. The monoisotopic (exact) mass is 306 g/mol.